The number of carbonyl (C=O) groups excluding carboxylic acids is 1. The number of benzene rings is 1. The van der Waals surface area contributed by atoms with Crippen LogP contribution in [-0.4, -0.2) is 39.0 Å². The lowest BCUT2D eigenvalue weighted by Crippen LogP contribution is -2.37. The summed E-state index contributed by atoms with van der Waals surface area (Å²) in [5.41, 5.74) is 0.513. The fourth-order valence-corrected chi connectivity index (χ4v) is 2.41. The lowest BCUT2D eigenvalue weighted by molar-refractivity contribution is -0.137. The first-order valence-electron chi connectivity index (χ1n) is 7.02. The maximum Gasteiger partial charge on any atom is 0.323 e. The van der Waals surface area contributed by atoms with E-state index < -0.39 is 17.7 Å². The number of hydrogen-bond donors (Lipinski definition) is 1. The molecule has 1 aromatic heterocycles. The molecule has 0 unspecified atom stereocenters. The molecule has 1 aromatic carbocycles. The normalized spacial score (nSPS) is 13.9. The highest BCUT2D eigenvalue weighted by molar-refractivity contribution is 5.96. The van der Waals surface area contributed by atoms with Crippen LogP contribution in [0.5, 0.6) is 0 Å². The fraction of sp³-hybridized carbons (Fsp3) is 0.250. The predicted octanol–water partition coefficient (Wildman–Crippen LogP) is 2.31. The van der Waals surface area contributed by atoms with Gasteiger partial charge in [0, 0.05) is 24.0 Å². The zero-order chi connectivity index (χ0) is 15.7. The highest BCUT2D eigenvalue weighted by atomic mass is 19.1. The Morgan fingerprint density at radius 3 is 2.50 bits per heavy atom. The molecule has 114 valence electrons. The van der Waals surface area contributed by atoms with Gasteiger partial charge in [-0.1, -0.05) is 0 Å². The number of nitrogens with zero attached hydrogens (tertiary/aromatic N) is 2. The molecule has 0 aliphatic heterocycles. The first-order valence-corrected chi connectivity index (χ1v) is 7.02. The standard InChI is InChI=1S/C16H15FN2O3/c17-13-9-11(3-6-14(13)18-7-1-2-8-18)16(22)19(10-15(20)21)12-4-5-12/h1-3,6-9,12H,4-5,10H2,(H,20,21). The average Bonchev–Trinajstić information content (AvgIpc) is 3.18. The molecule has 1 N–H and O–H groups in total. The zero-order valence-electron chi connectivity index (χ0n) is 11.8. The van der Waals surface area contributed by atoms with Crippen molar-refractivity contribution in [2.24, 2.45) is 0 Å². The highest BCUT2D eigenvalue weighted by Gasteiger charge is 2.34. The van der Waals surface area contributed by atoms with Gasteiger partial charge in [-0.2, -0.15) is 0 Å². The topological polar surface area (TPSA) is 62.5 Å². The Balaban J connectivity index is 1.86. The van der Waals surface area contributed by atoms with E-state index in [9.17, 15) is 14.0 Å². The maximum atomic E-state index is 14.2. The van der Waals surface area contributed by atoms with Crippen molar-refractivity contribution in [2.45, 2.75) is 18.9 Å². The Kier molecular flexibility index (Phi) is 3.66. The number of carboxylic acid groups (broad SMARTS) is 1. The smallest absolute Gasteiger partial charge is 0.323 e. The van der Waals surface area contributed by atoms with Crippen molar-refractivity contribution >= 4 is 11.9 Å². The van der Waals surface area contributed by atoms with Crippen molar-refractivity contribution in [1.82, 2.24) is 9.47 Å². The molecule has 3 rings (SSSR count). The number of aliphatic carboxylic acids is 1. The van der Waals surface area contributed by atoms with E-state index in [0.717, 1.165) is 18.9 Å². The summed E-state index contributed by atoms with van der Waals surface area (Å²) >= 11 is 0. The van der Waals surface area contributed by atoms with Gasteiger partial charge in [0.1, 0.15) is 12.4 Å². The van der Waals surface area contributed by atoms with E-state index in [-0.39, 0.29) is 18.2 Å². The predicted molar refractivity (Wildman–Crippen MR) is 77.4 cm³/mol. The number of aromatic nitrogens is 1. The highest BCUT2D eigenvalue weighted by Crippen LogP contribution is 2.28. The minimum Gasteiger partial charge on any atom is -0.480 e. The molecule has 1 aliphatic rings. The van der Waals surface area contributed by atoms with Crippen LogP contribution in [0.25, 0.3) is 5.69 Å². The van der Waals surface area contributed by atoms with Gasteiger partial charge >= 0.3 is 5.97 Å². The Hall–Kier alpha value is -2.63. The van der Waals surface area contributed by atoms with E-state index in [1.54, 1.807) is 29.1 Å². The third-order valence-electron chi connectivity index (χ3n) is 3.63. The molecule has 0 saturated heterocycles. The van der Waals surface area contributed by atoms with Gasteiger partial charge in [0.05, 0.1) is 5.69 Å². The number of hydrogen-bond acceptors (Lipinski definition) is 2. The molecule has 22 heavy (non-hydrogen) atoms. The minimum absolute atomic E-state index is 0.0456. The molecule has 0 radical (unpaired) electrons. The molecule has 1 fully saturated rings. The number of rotatable bonds is 5. The van der Waals surface area contributed by atoms with E-state index in [2.05, 4.69) is 0 Å². The van der Waals surface area contributed by atoms with Crippen LogP contribution in [0.1, 0.15) is 23.2 Å². The van der Waals surface area contributed by atoms with Crippen LogP contribution in [0.3, 0.4) is 0 Å². The Morgan fingerprint density at radius 2 is 1.95 bits per heavy atom. The molecule has 2 aromatic rings. The Bertz CT molecular complexity index is 708. The summed E-state index contributed by atoms with van der Waals surface area (Å²) in [5.74, 6) is -2.03. The summed E-state index contributed by atoms with van der Waals surface area (Å²) in [6, 6.07) is 7.72. The van der Waals surface area contributed by atoms with Crippen LogP contribution >= 0.6 is 0 Å². The molecule has 0 spiro atoms. The summed E-state index contributed by atoms with van der Waals surface area (Å²) in [5, 5.41) is 8.91. The number of amides is 1. The van der Waals surface area contributed by atoms with E-state index in [0.29, 0.717) is 5.69 Å². The molecule has 1 aliphatic carbocycles. The lowest BCUT2D eigenvalue weighted by atomic mass is 10.1. The van der Waals surface area contributed by atoms with Crippen LogP contribution in [0.15, 0.2) is 42.7 Å². The van der Waals surface area contributed by atoms with Crippen molar-refractivity contribution in [3.05, 3.63) is 54.1 Å². The second-order valence-electron chi connectivity index (χ2n) is 5.31. The van der Waals surface area contributed by atoms with Crippen molar-refractivity contribution in [3.63, 3.8) is 0 Å². The molecule has 1 heterocycles. The molecular formula is C16H15FN2O3. The first kappa shape index (κ1) is 14.3. The van der Waals surface area contributed by atoms with Gasteiger partial charge in [-0.15, -0.1) is 0 Å². The summed E-state index contributed by atoms with van der Waals surface area (Å²) in [6.07, 6.45) is 5.01. The average molecular weight is 302 g/mol. The van der Waals surface area contributed by atoms with Crippen molar-refractivity contribution < 1.29 is 19.1 Å². The van der Waals surface area contributed by atoms with Crippen LogP contribution in [0.2, 0.25) is 0 Å². The first-order chi connectivity index (χ1) is 10.6. The zero-order valence-corrected chi connectivity index (χ0v) is 11.8. The molecule has 1 amide bonds. The van der Waals surface area contributed by atoms with Gasteiger partial charge in [0.25, 0.3) is 5.91 Å². The second-order valence-corrected chi connectivity index (χ2v) is 5.31. The van der Waals surface area contributed by atoms with Gasteiger partial charge in [0.15, 0.2) is 0 Å². The molecule has 1 saturated carbocycles. The lowest BCUT2D eigenvalue weighted by Gasteiger charge is -2.20. The van der Waals surface area contributed by atoms with Gasteiger partial charge < -0.3 is 14.6 Å². The van der Waals surface area contributed by atoms with E-state index in [1.165, 1.54) is 17.0 Å². The Morgan fingerprint density at radius 1 is 1.27 bits per heavy atom. The van der Waals surface area contributed by atoms with Gasteiger partial charge in [-0.05, 0) is 43.2 Å². The third-order valence-corrected chi connectivity index (χ3v) is 3.63. The third kappa shape index (κ3) is 2.86. The van der Waals surface area contributed by atoms with Crippen molar-refractivity contribution in [1.29, 1.82) is 0 Å². The second kappa shape index (κ2) is 5.63. The van der Waals surface area contributed by atoms with Gasteiger partial charge in [0.2, 0.25) is 0 Å². The van der Waals surface area contributed by atoms with E-state index in [4.69, 9.17) is 5.11 Å². The molecule has 5 nitrogen and oxygen atoms in total. The van der Waals surface area contributed by atoms with Crippen molar-refractivity contribution in [3.8, 4) is 5.69 Å². The van der Waals surface area contributed by atoms with Gasteiger partial charge in [-0.25, -0.2) is 4.39 Å². The van der Waals surface area contributed by atoms with Crippen LogP contribution in [-0.2, 0) is 4.79 Å². The Labute approximate surface area is 126 Å². The monoisotopic (exact) mass is 302 g/mol. The molecule has 0 atom stereocenters. The summed E-state index contributed by atoms with van der Waals surface area (Å²) in [6.45, 7) is -0.357. The van der Waals surface area contributed by atoms with Gasteiger partial charge in [-0.3, -0.25) is 9.59 Å². The van der Waals surface area contributed by atoms with Crippen molar-refractivity contribution in [2.75, 3.05) is 6.54 Å². The fourth-order valence-electron chi connectivity index (χ4n) is 2.41. The van der Waals surface area contributed by atoms with Crippen LogP contribution in [0.4, 0.5) is 4.39 Å². The molecule has 0 bridgehead atoms. The van der Waals surface area contributed by atoms with Crippen LogP contribution in [0, 0.1) is 5.82 Å². The minimum atomic E-state index is -1.07. The van der Waals surface area contributed by atoms with Crippen LogP contribution < -0.4 is 0 Å². The molecule has 6 heteroatoms. The quantitative estimate of drug-likeness (QED) is 0.922. The van der Waals surface area contributed by atoms with E-state index in [1.807, 2.05) is 0 Å². The number of carbonyl (C=O) groups is 2. The maximum absolute atomic E-state index is 14.2. The number of carboxylic acids is 1. The summed E-state index contributed by atoms with van der Waals surface area (Å²) in [7, 11) is 0. The SMILES string of the molecule is O=C(O)CN(C(=O)c1ccc(-n2cccc2)c(F)c1)C1CC1. The number of halogens is 1. The largest absolute Gasteiger partial charge is 0.480 e. The van der Waals surface area contributed by atoms with E-state index >= 15 is 0 Å². The summed E-state index contributed by atoms with van der Waals surface area (Å²) in [4.78, 5) is 24.6. The molecular weight excluding hydrogens is 287 g/mol. The summed E-state index contributed by atoms with van der Waals surface area (Å²) < 4.78 is 15.8.